The maximum absolute atomic E-state index is 9.40. The first-order valence-electron chi connectivity index (χ1n) is 8.43. The van der Waals surface area contributed by atoms with Crippen molar-refractivity contribution in [2.75, 3.05) is 46.4 Å². The fraction of sp³-hybridized carbons (Fsp3) is 1.00. The van der Waals surface area contributed by atoms with E-state index in [4.69, 9.17) is 0 Å². The highest BCUT2D eigenvalue weighted by Crippen LogP contribution is 2.24. The fourth-order valence-corrected chi connectivity index (χ4v) is 3.60. The molecule has 2 fully saturated rings. The Bertz CT molecular complexity index is 267. The van der Waals surface area contributed by atoms with Gasteiger partial charge in [-0.1, -0.05) is 12.8 Å². The summed E-state index contributed by atoms with van der Waals surface area (Å²) in [5.74, 6) is 0. The average molecular weight is 283 g/mol. The molecule has 0 aromatic heterocycles. The van der Waals surface area contributed by atoms with Crippen LogP contribution >= 0.6 is 0 Å². The largest absolute Gasteiger partial charge is 0.394 e. The Balaban J connectivity index is 1.62. The van der Waals surface area contributed by atoms with E-state index < -0.39 is 0 Å². The van der Waals surface area contributed by atoms with Crippen LogP contribution in [0, 0.1) is 0 Å². The molecule has 1 saturated carbocycles. The van der Waals surface area contributed by atoms with Gasteiger partial charge in [-0.3, -0.25) is 4.90 Å². The SMILES string of the molecule is CNC(C)(CO)CCCN1CCN(C2CCCC2)CC1. The van der Waals surface area contributed by atoms with E-state index in [0.717, 1.165) is 12.5 Å². The molecule has 0 aromatic rings. The van der Waals surface area contributed by atoms with Crippen molar-refractivity contribution in [3.63, 3.8) is 0 Å². The number of piperazine rings is 1. The first-order chi connectivity index (χ1) is 9.67. The summed E-state index contributed by atoms with van der Waals surface area (Å²) in [6, 6.07) is 0.888. The maximum atomic E-state index is 9.40. The van der Waals surface area contributed by atoms with Gasteiger partial charge in [0.15, 0.2) is 0 Å². The molecule has 118 valence electrons. The topological polar surface area (TPSA) is 38.7 Å². The van der Waals surface area contributed by atoms with Crippen molar-refractivity contribution in [1.29, 1.82) is 0 Å². The Morgan fingerprint density at radius 2 is 1.80 bits per heavy atom. The number of likely N-dealkylation sites (N-methyl/N-ethyl adjacent to an activating group) is 1. The number of nitrogens with one attached hydrogen (secondary N) is 1. The van der Waals surface area contributed by atoms with Gasteiger partial charge in [0.05, 0.1) is 6.61 Å². The third-order valence-corrected chi connectivity index (χ3v) is 5.40. The molecule has 2 aliphatic rings. The van der Waals surface area contributed by atoms with Crippen LogP contribution in [0.1, 0.15) is 45.4 Å². The lowest BCUT2D eigenvalue weighted by Gasteiger charge is -2.38. The van der Waals surface area contributed by atoms with Gasteiger partial charge in [0.2, 0.25) is 0 Å². The number of nitrogens with zero attached hydrogens (tertiary/aromatic N) is 2. The molecular formula is C16H33N3O. The van der Waals surface area contributed by atoms with E-state index in [-0.39, 0.29) is 12.1 Å². The second-order valence-electron chi connectivity index (χ2n) is 6.89. The molecule has 0 bridgehead atoms. The van der Waals surface area contributed by atoms with Gasteiger partial charge in [0.1, 0.15) is 0 Å². The molecule has 1 aliphatic heterocycles. The molecule has 0 radical (unpaired) electrons. The van der Waals surface area contributed by atoms with E-state index in [1.807, 2.05) is 7.05 Å². The third kappa shape index (κ3) is 4.42. The molecule has 1 heterocycles. The predicted molar refractivity (Wildman–Crippen MR) is 84.1 cm³/mol. The highest BCUT2D eigenvalue weighted by molar-refractivity contribution is 4.83. The number of aliphatic hydroxyl groups excluding tert-OH is 1. The van der Waals surface area contributed by atoms with Gasteiger partial charge in [-0.2, -0.15) is 0 Å². The molecule has 2 rings (SSSR count). The molecule has 1 saturated heterocycles. The summed E-state index contributed by atoms with van der Waals surface area (Å²) in [7, 11) is 1.94. The lowest BCUT2D eigenvalue weighted by molar-refractivity contribution is 0.0928. The summed E-state index contributed by atoms with van der Waals surface area (Å²) in [5, 5.41) is 12.6. The van der Waals surface area contributed by atoms with Gasteiger partial charge in [0.25, 0.3) is 0 Å². The van der Waals surface area contributed by atoms with Crippen LogP contribution < -0.4 is 5.32 Å². The number of rotatable bonds is 7. The van der Waals surface area contributed by atoms with E-state index in [1.54, 1.807) is 0 Å². The molecule has 0 amide bonds. The van der Waals surface area contributed by atoms with Crippen LogP contribution in [0.25, 0.3) is 0 Å². The molecule has 1 unspecified atom stereocenters. The zero-order valence-corrected chi connectivity index (χ0v) is 13.4. The monoisotopic (exact) mass is 283 g/mol. The van der Waals surface area contributed by atoms with E-state index in [9.17, 15) is 5.11 Å². The second-order valence-corrected chi connectivity index (χ2v) is 6.89. The number of hydrogen-bond donors (Lipinski definition) is 2. The zero-order chi connectivity index (χ0) is 14.4. The first-order valence-corrected chi connectivity index (χ1v) is 8.43. The minimum absolute atomic E-state index is 0.105. The van der Waals surface area contributed by atoms with Gasteiger partial charge in [0, 0.05) is 37.8 Å². The van der Waals surface area contributed by atoms with Crippen LogP contribution in [-0.4, -0.2) is 72.9 Å². The molecular weight excluding hydrogens is 250 g/mol. The fourth-order valence-electron chi connectivity index (χ4n) is 3.60. The lowest BCUT2D eigenvalue weighted by atomic mass is 9.97. The molecule has 0 spiro atoms. The quantitative estimate of drug-likeness (QED) is 0.739. The zero-order valence-electron chi connectivity index (χ0n) is 13.4. The average Bonchev–Trinajstić information content (AvgIpc) is 3.02. The predicted octanol–water partition coefficient (Wildman–Crippen LogP) is 1.30. The van der Waals surface area contributed by atoms with E-state index in [1.165, 1.54) is 64.8 Å². The van der Waals surface area contributed by atoms with Crippen molar-refractivity contribution < 1.29 is 5.11 Å². The summed E-state index contributed by atoms with van der Waals surface area (Å²) in [6.45, 7) is 8.47. The van der Waals surface area contributed by atoms with Crippen molar-refractivity contribution >= 4 is 0 Å². The van der Waals surface area contributed by atoms with Gasteiger partial charge in [-0.25, -0.2) is 0 Å². The van der Waals surface area contributed by atoms with Crippen LogP contribution in [-0.2, 0) is 0 Å². The van der Waals surface area contributed by atoms with Crippen LogP contribution in [0.2, 0.25) is 0 Å². The minimum Gasteiger partial charge on any atom is -0.394 e. The lowest BCUT2D eigenvalue weighted by Crippen LogP contribution is -2.50. The summed E-state index contributed by atoms with van der Waals surface area (Å²) in [4.78, 5) is 5.31. The Morgan fingerprint density at radius 1 is 1.15 bits per heavy atom. The normalized spacial score (nSPS) is 25.9. The summed E-state index contributed by atoms with van der Waals surface area (Å²) < 4.78 is 0. The van der Waals surface area contributed by atoms with Gasteiger partial charge in [-0.05, 0) is 46.2 Å². The summed E-state index contributed by atoms with van der Waals surface area (Å²) in [6.07, 6.45) is 7.95. The maximum Gasteiger partial charge on any atom is 0.0610 e. The van der Waals surface area contributed by atoms with E-state index in [2.05, 4.69) is 22.0 Å². The van der Waals surface area contributed by atoms with Crippen molar-refractivity contribution in [3.8, 4) is 0 Å². The van der Waals surface area contributed by atoms with Crippen LogP contribution in [0.15, 0.2) is 0 Å². The number of hydrogen-bond acceptors (Lipinski definition) is 4. The molecule has 0 aromatic carbocycles. The van der Waals surface area contributed by atoms with E-state index in [0.29, 0.717) is 0 Å². The Morgan fingerprint density at radius 3 is 2.35 bits per heavy atom. The minimum atomic E-state index is -0.105. The van der Waals surface area contributed by atoms with Gasteiger partial charge >= 0.3 is 0 Å². The Hall–Kier alpha value is -0.160. The molecule has 2 N–H and O–H groups in total. The standard InChI is InChI=1S/C16H33N3O/c1-16(14-20,17-2)8-5-9-18-10-12-19(13-11-18)15-6-3-4-7-15/h15,17,20H,3-14H2,1-2H3. The highest BCUT2D eigenvalue weighted by atomic mass is 16.3. The third-order valence-electron chi connectivity index (χ3n) is 5.40. The highest BCUT2D eigenvalue weighted by Gasteiger charge is 2.26. The van der Waals surface area contributed by atoms with Crippen molar-refractivity contribution in [2.24, 2.45) is 0 Å². The molecule has 20 heavy (non-hydrogen) atoms. The van der Waals surface area contributed by atoms with Crippen molar-refractivity contribution in [3.05, 3.63) is 0 Å². The first kappa shape index (κ1) is 16.2. The van der Waals surface area contributed by atoms with Crippen molar-refractivity contribution in [2.45, 2.75) is 57.0 Å². The van der Waals surface area contributed by atoms with Crippen LogP contribution in [0.4, 0.5) is 0 Å². The Kier molecular flexibility index (Phi) is 6.27. The summed E-state index contributed by atoms with van der Waals surface area (Å²) in [5.41, 5.74) is -0.105. The van der Waals surface area contributed by atoms with Crippen LogP contribution in [0.5, 0.6) is 0 Å². The van der Waals surface area contributed by atoms with Crippen molar-refractivity contribution in [1.82, 2.24) is 15.1 Å². The summed E-state index contributed by atoms with van der Waals surface area (Å²) >= 11 is 0. The Labute approximate surface area is 124 Å². The second kappa shape index (κ2) is 7.74. The van der Waals surface area contributed by atoms with Crippen LogP contribution in [0.3, 0.4) is 0 Å². The number of aliphatic hydroxyl groups is 1. The molecule has 1 atom stereocenters. The molecule has 1 aliphatic carbocycles. The smallest absolute Gasteiger partial charge is 0.0610 e. The van der Waals surface area contributed by atoms with Gasteiger partial charge in [-0.15, -0.1) is 0 Å². The molecule has 4 heteroatoms. The molecule has 4 nitrogen and oxygen atoms in total. The van der Waals surface area contributed by atoms with E-state index >= 15 is 0 Å². The van der Waals surface area contributed by atoms with Gasteiger partial charge < -0.3 is 15.3 Å².